The molecule has 6 heteroatoms. The summed E-state index contributed by atoms with van der Waals surface area (Å²) in [5.74, 6) is 0.529. The average molecular weight is 380 g/mol. The molecule has 0 N–H and O–H groups in total. The molecule has 0 spiro atoms. The van der Waals surface area contributed by atoms with Gasteiger partial charge >= 0.3 is 5.97 Å². The molecule has 0 unspecified atom stereocenters. The molecule has 3 aromatic rings. The maximum Gasteiger partial charge on any atom is 0.340 e. The van der Waals surface area contributed by atoms with E-state index in [0.29, 0.717) is 35.5 Å². The standard InChI is InChI=1S/C22H20O6/c1-2-14-5-7-15(8-6-14)27-20-13-26-19-12-16(9-10-17(19)21(20)23)28-22(24)18-4-3-11-25-18/h5-10,12-13,18H,2-4,11H2,1H3/t18-/m0/s1. The number of carbonyl (C=O) groups excluding carboxylic acids is 1. The van der Waals surface area contributed by atoms with Gasteiger partial charge in [0, 0.05) is 12.7 Å². The first-order chi connectivity index (χ1) is 13.6. The van der Waals surface area contributed by atoms with Gasteiger partial charge in [0.15, 0.2) is 6.10 Å². The highest BCUT2D eigenvalue weighted by molar-refractivity contribution is 5.82. The van der Waals surface area contributed by atoms with Crippen LogP contribution in [0.25, 0.3) is 11.0 Å². The molecule has 4 rings (SSSR count). The fraction of sp³-hybridized carbons (Fsp3) is 0.273. The summed E-state index contributed by atoms with van der Waals surface area (Å²) in [5.41, 5.74) is 1.21. The van der Waals surface area contributed by atoms with Crippen LogP contribution in [0.4, 0.5) is 0 Å². The third-order valence-electron chi connectivity index (χ3n) is 4.68. The number of fused-ring (bicyclic) bond motifs is 1. The van der Waals surface area contributed by atoms with Crippen molar-refractivity contribution in [3.8, 4) is 17.2 Å². The van der Waals surface area contributed by atoms with Crippen molar-refractivity contribution in [2.24, 2.45) is 0 Å². The molecular formula is C22H20O6. The lowest BCUT2D eigenvalue weighted by molar-refractivity contribution is -0.144. The molecule has 1 aliphatic heterocycles. The van der Waals surface area contributed by atoms with E-state index in [1.807, 2.05) is 24.3 Å². The van der Waals surface area contributed by atoms with Gasteiger partial charge in [-0.1, -0.05) is 19.1 Å². The maximum atomic E-state index is 12.7. The second kappa shape index (κ2) is 7.86. The Hall–Kier alpha value is -3.12. The maximum absolute atomic E-state index is 12.7. The molecule has 0 saturated carbocycles. The number of carbonyl (C=O) groups is 1. The average Bonchev–Trinajstić information content (AvgIpc) is 3.26. The van der Waals surface area contributed by atoms with Crippen molar-refractivity contribution in [3.05, 3.63) is 64.5 Å². The second-order valence-electron chi connectivity index (χ2n) is 6.61. The molecule has 144 valence electrons. The minimum atomic E-state index is -0.530. The van der Waals surface area contributed by atoms with Crippen molar-refractivity contribution in [1.29, 1.82) is 0 Å². The summed E-state index contributed by atoms with van der Waals surface area (Å²) in [4.78, 5) is 24.7. The Morgan fingerprint density at radius 1 is 1.14 bits per heavy atom. The van der Waals surface area contributed by atoms with Crippen LogP contribution in [0, 0.1) is 0 Å². The summed E-state index contributed by atoms with van der Waals surface area (Å²) in [6.07, 6.45) is 3.16. The van der Waals surface area contributed by atoms with Crippen LogP contribution in [0.3, 0.4) is 0 Å². The van der Waals surface area contributed by atoms with Crippen molar-refractivity contribution in [3.63, 3.8) is 0 Å². The van der Waals surface area contributed by atoms with Gasteiger partial charge in [0.25, 0.3) is 0 Å². The largest absolute Gasteiger partial charge is 0.460 e. The minimum absolute atomic E-state index is 0.0980. The molecule has 1 aliphatic rings. The Morgan fingerprint density at radius 3 is 2.64 bits per heavy atom. The van der Waals surface area contributed by atoms with Gasteiger partial charge < -0.3 is 18.6 Å². The summed E-state index contributed by atoms with van der Waals surface area (Å²) in [6, 6.07) is 12.2. The van der Waals surface area contributed by atoms with E-state index in [4.69, 9.17) is 18.6 Å². The lowest BCUT2D eigenvalue weighted by atomic mass is 10.2. The first-order valence-electron chi connectivity index (χ1n) is 9.29. The molecule has 2 aromatic carbocycles. The van der Waals surface area contributed by atoms with Crippen molar-refractivity contribution in [2.45, 2.75) is 32.3 Å². The van der Waals surface area contributed by atoms with Gasteiger partial charge in [0.2, 0.25) is 11.2 Å². The van der Waals surface area contributed by atoms with Crippen LogP contribution < -0.4 is 14.9 Å². The Bertz CT molecular complexity index is 1040. The van der Waals surface area contributed by atoms with Crippen LogP contribution in [0.15, 0.2) is 57.9 Å². The van der Waals surface area contributed by atoms with Crippen molar-refractivity contribution in [1.82, 2.24) is 0 Å². The molecule has 1 saturated heterocycles. The molecule has 28 heavy (non-hydrogen) atoms. The van der Waals surface area contributed by atoms with E-state index < -0.39 is 12.1 Å². The normalized spacial score (nSPS) is 16.2. The van der Waals surface area contributed by atoms with E-state index in [-0.39, 0.29) is 11.2 Å². The second-order valence-corrected chi connectivity index (χ2v) is 6.61. The molecular weight excluding hydrogens is 360 g/mol. The van der Waals surface area contributed by atoms with E-state index in [0.717, 1.165) is 12.8 Å². The van der Waals surface area contributed by atoms with Gasteiger partial charge in [0.05, 0.1) is 5.39 Å². The number of esters is 1. The number of hydrogen-bond acceptors (Lipinski definition) is 6. The Kier molecular flexibility index (Phi) is 5.12. The van der Waals surface area contributed by atoms with Crippen LogP contribution in [0.2, 0.25) is 0 Å². The molecule has 0 radical (unpaired) electrons. The first kappa shape index (κ1) is 18.3. The molecule has 0 amide bonds. The molecule has 1 fully saturated rings. The summed E-state index contributed by atoms with van der Waals surface area (Å²) in [6.45, 7) is 2.64. The van der Waals surface area contributed by atoms with Crippen LogP contribution in [0.1, 0.15) is 25.3 Å². The Morgan fingerprint density at radius 2 is 1.93 bits per heavy atom. The minimum Gasteiger partial charge on any atom is -0.460 e. The van der Waals surface area contributed by atoms with E-state index in [1.165, 1.54) is 17.9 Å². The quantitative estimate of drug-likeness (QED) is 0.487. The Balaban J connectivity index is 1.55. The summed E-state index contributed by atoms with van der Waals surface area (Å²) >= 11 is 0. The van der Waals surface area contributed by atoms with Gasteiger partial charge in [-0.15, -0.1) is 0 Å². The third kappa shape index (κ3) is 3.77. The first-order valence-corrected chi connectivity index (χ1v) is 9.29. The van der Waals surface area contributed by atoms with Gasteiger partial charge in [-0.2, -0.15) is 0 Å². The third-order valence-corrected chi connectivity index (χ3v) is 4.68. The summed E-state index contributed by atoms with van der Waals surface area (Å²) < 4.78 is 21.9. The van der Waals surface area contributed by atoms with Crippen LogP contribution in [-0.2, 0) is 16.0 Å². The van der Waals surface area contributed by atoms with Gasteiger partial charge in [-0.25, -0.2) is 4.79 Å². The number of benzene rings is 2. The van der Waals surface area contributed by atoms with Crippen molar-refractivity contribution >= 4 is 16.9 Å². The predicted molar refractivity (Wildman–Crippen MR) is 103 cm³/mol. The zero-order valence-electron chi connectivity index (χ0n) is 15.5. The fourth-order valence-electron chi connectivity index (χ4n) is 3.09. The highest BCUT2D eigenvalue weighted by Gasteiger charge is 2.25. The SMILES string of the molecule is CCc1ccc(Oc2coc3cc(OC(=O)[C@@H]4CCCO4)ccc3c2=O)cc1. The lowest BCUT2D eigenvalue weighted by Gasteiger charge is -2.10. The number of aryl methyl sites for hydroxylation is 1. The predicted octanol–water partition coefficient (Wildman–Crippen LogP) is 4.23. The highest BCUT2D eigenvalue weighted by Crippen LogP contribution is 2.25. The number of ether oxygens (including phenoxy) is 3. The molecule has 1 aromatic heterocycles. The smallest absolute Gasteiger partial charge is 0.340 e. The van der Waals surface area contributed by atoms with Crippen LogP contribution >= 0.6 is 0 Å². The van der Waals surface area contributed by atoms with Gasteiger partial charge in [-0.3, -0.25) is 4.79 Å². The number of hydrogen-bond donors (Lipinski definition) is 0. The molecule has 0 aliphatic carbocycles. The van der Waals surface area contributed by atoms with Gasteiger partial charge in [0.1, 0.15) is 23.3 Å². The van der Waals surface area contributed by atoms with E-state index in [2.05, 4.69) is 6.92 Å². The van der Waals surface area contributed by atoms with E-state index >= 15 is 0 Å². The van der Waals surface area contributed by atoms with E-state index in [1.54, 1.807) is 12.1 Å². The van der Waals surface area contributed by atoms with Crippen LogP contribution in [-0.4, -0.2) is 18.7 Å². The Labute approximate surface area is 161 Å². The van der Waals surface area contributed by atoms with Gasteiger partial charge in [-0.05, 0) is 49.1 Å². The monoisotopic (exact) mass is 380 g/mol. The molecule has 0 bridgehead atoms. The molecule has 1 atom stereocenters. The zero-order valence-corrected chi connectivity index (χ0v) is 15.5. The summed E-state index contributed by atoms with van der Waals surface area (Å²) in [5, 5.41) is 0.347. The van der Waals surface area contributed by atoms with Crippen molar-refractivity contribution < 1.29 is 23.4 Å². The topological polar surface area (TPSA) is 75.0 Å². The lowest BCUT2D eigenvalue weighted by Crippen LogP contribution is -2.24. The highest BCUT2D eigenvalue weighted by atomic mass is 16.6. The molecule has 2 heterocycles. The van der Waals surface area contributed by atoms with E-state index in [9.17, 15) is 9.59 Å². The summed E-state index contributed by atoms with van der Waals surface area (Å²) in [7, 11) is 0. The zero-order chi connectivity index (χ0) is 19.5. The van der Waals surface area contributed by atoms with Crippen LogP contribution in [0.5, 0.6) is 17.2 Å². The number of rotatable bonds is 5. The van der Waals surface area contributed by atoms with Crippen molar-refractivity contribution in [2.75, 3.05) is 6.61 Å². The fourth-order valence-corrected chi connectivity index (χ4v) is 3.09. The molecule has 6 nitrogen and oxygen atoms in total.